The Labute approximate surface area is 299 Å². The Bertz CT molecular complexity index is 2680. The van der Waals surface area contributed by atoms with Crippen LogP contribution in [0, 0.1) is 0 Å². The van der Waals surface area contributed by atoms with Crippen LogP contribution in [0.4, 0.5) is 17.1 Å². The van der Waals surface area contributed by atoms with Crippen molar-refractivity contribution in [1.29, 1.82) is 0 Å². The number of benzene rings is 7. The highest BCUT2D eigenvalue weighted by atomic mass is 16.3. The van der Waals surface area contributed by atoms with Gasteiger partial charge in [-0.25, -0.2) is 0 Å². The third-order valence-electron chi connectivity index (χ3n) is 12.0. The second-order valence-electron chi connectivity index (χ2n) is 15.0. The van der Waals surface area contributed by atoms with E-state index in [0.717, 1.165) is 39.7 Å². The average Bonchev–Trinajstić information content (AvgIpc) is 3.77. The summed E-state index contributed by atoms with van der Waals surface area (Å²) in [6.45, 7) is 9.42. The molecule has 1 aromatic heterocycles. The third kappa shape index (κ3) is 4.17. The van der Waals surface area contributed by atoms with Gasteiger partial charge in [-0.15, -0.1) is 0 Å². The highest BCUT2D eigenvalue weighted by Gasteiger charge is 2.40. The molecule has 2 nitrogen and oxygen atoms in total. The molecule has 1 atom stereocenters. The number of anilines is 3. The number of hydrogen-bond acceptors (Lipinski definition) is 2. The minimum atomic E-state index is -0.0627. The summed E-state index contributed by atoms with van der Waals surface area (Å²) in [5.74, 6) is 0. The zero-order valence-corrected chi connectivity index (χ0v) is 29.5. The molecule has 0 N–H and O–H groups in total. The summed E-state index contributed by atoms with van der Waals surface area (Å²) >= 11 is 0. The first-order valence-electron chi connectivity index (χ1n) is 18.2. The molecule has 51 heavy (non-hydrogen) atoms. The van der Waals surface area contributed by atoms with Gasteiger partial charge in [0.25, 0.3) is 0 Å². The van der Waals surface area contributed by atoms with Crippen molar-refractivity contribution < 1.29 is 4.42 Å². The lowest BCUT2D eigenvalue weighted by molar-refractivity contribution is 0.564. The lowest BCUT2D eigenvalue weighted by Crippen LogP contribution is -2.19. The fourth-order valence-electron chi connectivity index (χ4n) is 9.21. The Kier molecular flexibility index (Phi) is 6.36. The van der Waals surface area contributed by atoms with Crippen LogP contribution in [0.25, 0.3) is 55.3 Å². The predicted molar refractivity (Wildman–Crippen MR) is 214 cm³/mol. The highest BCUT2D eigenvalue weighted by molar-refractivity contribution is 6.14. The lowest BCUT2D eigenvalue weighted by Gasteiger charge is -2.30. The van der Waals surface area contributed by atoms with E-state index in [1.165, 1.54) is 61.3 Å². The number of para-hydroxylation sites is 1. The maximum Gasteiger partial charge on any atom is 0.137 e. The number of rotatable bonds is 5. The summed E-state index contributed by atoms with van der Waals surface area (Å²) in [5, 5.41) is 2.25. The highest BCUT2D eigenvalue weighted by Crippen LogP contribution is 2.56. The molecule has 246 valence electrons. The van der Waals surface area contributed by atoms with E-state index in [1.807, 2.05) is 6.07 Å². The number of furan rings is 1. The largest absolute Gasteiger partial charge is 0.456 e. The maximum atomic E-state index is 6.44. The Morgan fingerprint density at radius 3 is 1.96 bits per heavy atom. The van der Waals surface area contributed by atoms with Gasteiger partial charge in [-0.3, -0.25) is 0 Å². The topological polar surface area (TPSA) is 16.4 Å². The molecule has 0 spiro atoms. The number of nitrogens with zero attached hydrogens (tertiary/aromatic N) is 1. The summed E-state index contributed by atoms with van der Waals surface area (Å²) in [5.41, 5.74) is 18.5. The summed E-state index contributed by atoms with van der Waals surface area (Å²) in [4.78, 5) is 2.47. The van der Waals surface area contributed by atoms with Gasteiger partial charge in [0.05, 0.1) is 16.8 Å². The van der Waals surface area contributed by atoms with Crippen LogP contribution in [-0.4, -0.2) is 0 Å². The maximum absolute atomic E-state index is 6.44. The van der Waals surface area contributed by atoms with Crippen molar-refractivity contribution in [3.63, 3.8) is 0 Å². The van der Waals surface area contributed by atoms with E-state index >= 15 is 0 Å². The van der Waals surface area contributed by atoms with Crippen LogP contribution in [0.2, 0.25) is 0 Å². The molecule has 1 heterocycles. The minimum absolute atomic E-state index is 0.0400. The van der Waals surface area contributed by atoms with Crippen LogP contribution in [-0.2, 0) is 10.8 Å². The molecule has 0 bridgehead atoms. The summed E-state index contributed by atoms with van der Waals surface area (Å²) in [7, 11) is 0. The van der Waals surface area contributed by atoms with Crippen molar-refractivity contribution >= 4 is 39.0 Å². The first-order chi connectivity index (χ1) is 24.9. The molecule has 0 fully saturated rings. The summed E-state index contributed by atoms with van der Waals surface area (Å²) in [6, 6.07) is 55.8. The quantitative estimate of drug-likeness (QED) is 0.183. The molecular weight excluding hydrogens is 619 g/mol. The Balaban J connectivity index is 1.17. The van der Waals surface area contributed by atoms with Crippen molar-refractivity contribution in [2.75, 3.05) is 4.90 Å². The molecule has 2 aliphatic rings. The predicted octanol–water partition coefficient (Wildman–Crippen LogP) is 13.7. The van der Waals surface area contributed by atoms with E-state index < -0.39 is 0 Å². The van der Waals surface area contributed by atoms with E-state index in [-0.39, 0.29) is 10.8 Å². The molecule has 0 amide bonds. The zero-order chi connectivity index (χ0) is 34.5. The van der Waals surface area contributed by atoms with Gasteiger partial charge in [0.15, 0.2) is 0 Å². The molecular formula is C49H39NO. The van der Waals surface area contributed by atoms with Gasteiger partial charge >= 0.3 is 0 Å². The molecule has 1 unspecified atom stereocenters. The van der Waals surface area contributed by atoms with E-state index in [2.05, 4.69) is 178 Å². The van der Waals surface area contributed by atoms with E-state index in [1.54, 1.807) is 0 Å². The second-order valence-corrected chi connectivity index (χ2v) is 15.0. The van der Waals surface area contributed by atoms with Crippen molar-refractivity contribution in [2.24, 2.45) is 0 Å². The number of hydrogen-bond donors (Lipinski definition) is 0. The van der Waals surface area contributed by atoms with Gasteiger partial charge in [-0.05, 0) is 99.0 Å². The van der Waals surface area contributed by atoms with Crippen molar-refractivity contribution in [2.45, 2.75) is 44.9 Å². The lowest BCUT2D eigenvalue weighted by atomic mass is 9.78. The Morgan fingerprint density at radius 2 is 1.14 bits per heavy atom. The molecule has 2 heteroatoms. The third-order valence-corrected chi connectivity index (χ3v) is 12.0. The van der Waals surface area contributed by atoms with Gasteiger partial charge in [-0.1, -0.05) is 137 Å². The van der Waals surface area contributed by atoms with Crippen LogP contribution < -0.4 is 4.90 Å². The van der Waals surface area contributed by atoms with Crippen molar-refractivity contribution in [3.05, 3.63) is 174 Å². The molecule has 0 radical (unpaired) electrons. The normalized spacial score (nSPS) is 16.5. The first-order valence-corrected chi connectivity index (χ1v) is 18.2. The Hall–Kier alpha value is -5.86. The van der Waals surface area contributed by atoms with Crippen LogP contribution in [0.3, 0.4) is 0 Å². The molecule has 0 aliphatic heterocycles. The second kappa shape index (κ2) is 10.8. The minimum Gasteiger partial charge on any atom is -0.456 e. The standard InChI is InChI=1S/C49H39NO/c1-5-49(4)39-18-10-7-15-36(39)46-40(49)19-12-20-42(46)50(43-21-13-23-45-47(43)37-16-8-11-22-44(37)51-45)33-27-24-31(25-28-33)32-26-29-35-34-14-6-9-17-38(34)48(2,3)41(35)30-32/h6-30H,5H2,1-4H3. The van der Waals surface area contributed by atoms with Gasteiger partial charge in [0.2, 0.25) is 0 Å². The fourth-order valence-corrected chi connectivity index (χ4v) is 9.21. The van der Waals surface area contributed by atoms with Crippen LogP contribution in [0.1, 0.15) is 56.4 Å². The van der Waals surface area contributed by atoms with Crippen LogP contribution >= 0.6 is 0 Å². The van der Waals surface area contributed by atoms with Gasteiger partial charge in [-0.2, -0.15) is 0 Å². The molecule has 8 aromatic rings. The average molecular weight is 658 g/mol. The zero-order valence-electron chi connectivity index (χ0n) is 29.5. The van der Waals surface area contributed by atoms with E-state index in [0.29, 0.717) is 0 Å². The monoisotopic (exact) mass is 657 g/mol. The summed E-state index contributed by atoms with van der Waals surface area (Å²) in [6.07, 6.45) is 1.03. The first kappa shape index (κ1) is 30.0. The van der Waals surface area contributed by atoms with Crippen LogP contribution in [0.5, 0.6) is 0 Å². The van der Waals surface area contributed by atoms with Crippen molar-refractivity contribution in [3.8, 4) is 33.4 Å². The van der Waals surface area contributed by atoms with Crippen molar-refractivity contribution in [1.82, 2.24) is 0 Å². The molecule has 7 aromatic carbocycles. The Morgan fingerprint density at radius 1 is 0.510 bits per heavy atom. The van der Waals surface area contributed by atoms with Gasteiger partial charge in [0, 0.05) is 27.5 Å². The molecule has 0 saturated carbocycles. The molecule has 0 saturated heterocycles. The molecule has 10 rings (SSSR count). The van der Waals surface area contributed by atoms with E-state index in [4.69, 9.17) is 4.42 Å². The number of fused-ring (bicyclic) bond motifs is 9. The van der Waals surface area contributed by atoms with Crippen LogP contribution in [0.15, 0.2) is 156 Å². The van der Waals surface area contributed by atoms with Gasteiger partial charge in [0.1, 0.15) is 11.2 Å². The summed E-state index contributed by atoms with van der Waals surface area (Å²) < 4.78 is 6.44. The fraction of sp³-hybridized carbons (Fsp3) is 0.143. The van der Waals surface area contributed by atoms with E-state index in [9.17, 15) is 0 Å². The van der Waals surface area contributed by atoms with Gasteiger partial charge < -0.3 is 9.32 Å². The molecule has 2 aliphatic carbocycles. The smallest absolute Gasteiger partial charge is 0.137 e. The SMILES string of the molecule is CCC1(C)c2ccccc2-c2c(N(c3ccc(-c4ccc5c(c4)C(C)(C)c4ccccc4-5)cc3)c3cccc4oc5ccccc5c34)cccc21.